The Bertz CT molecular complexity index is 1120. The number of furan rings is 1. The van der Waals surface area contributed by atoms with Crippen LogP contribution in [0.15, 0.2) is 34.7 Å². The third-order valence-corrected chi connectivity index (χ3v) is 5.14. The van der Waals surface area contributed by atoms with E-state index in [0.717, 1.165) is 16.7 Å². The van der Waals surface area contributed by atoms with Crippen molar-refractivity contribution in [1.82, 2.24) is 0 Å². The number of halogens is 3. The molecular weight excluding hydrogens is 429 g/mol. The Morgan fingerprint density at radius 3 is 2.50 bits per heavy atom. The van der Waals surface area contributed by atoms with E-state index in [-0.39, 0.29) is 26.1 Å². The minimum atomic E-state index is -4.85. The zero-order valence-electron chi connectivity index (χ0n) is 17.5. The number of ether oxygens (including phenoxy) is 2. The molecule has 3 aromatic rings. The lowest BCUT2D eigenvalue weighted by Gasteiger charge is -2.16. The molecule has 3 rings (SSSR count). The number of benzene rings is 2. The molecule has 0 fully saturated rings. The summed E-state index contributed by atoms with van der Waals surface area (Å²) in [7, 11) is 0. The number of carboxylic acids is 1. The summed E-state index contributed by atoms with van der Waals surface area (Å²) >= 11 is 0. The number of rotatable bonds is 9. The molecule has 0 saturated carbocycles. The predicted molar refractivity (Wildman–Crippen MR) is 107 cm³/mol. The SMILES string of the molecule is Cc1c(CCC(=O)[O-])ccc(OCc2cc(OC(F)(F)F)cc3cc(CCO)oc23)c1C. The number of aliphatic hydroxyl groups excluding tert-OH is 1. The van der Waals surface area contributed by atoms with E-state index in [1.165, 1.54) is 12.1 Å². The van der Waals surface area contributed by atoms with Gasteiger partial charge in [0.2, 0.25) is 0 Å². The first-order valence-electron chi connectivity index (χ1n) is 9.91. The van der Waals surface area contributed by atoms with Crippen LogP contribution >= 0.6 is 0 Å². The van der Waals surface area contributed by atoms with Crippen LogP contribution in [-0.4, -0.2) is 24.0 Å². The maximum atomic E-state index is 12.7. The number of aliphatic hydroxyl groups is 1. The molecule has 0 amide bonds. The summed E-state index contributed by atoms with van der Waals surface area (Å²) in [4.78, 5) is 10.7. The Balaban J connectivity index is 1.89. The summed E-state index contributed by atoms with van der Waals surface area (Å²) in [6.07, 6.45) is -4.40. The van der Waals surface area contributed by atoms with Crippen molar-refractivity contribution in [3.8, 4) is 11.5 Å². The van der Waals surface area contributed by atoms with Crippen LogP contribution in [0.4, 0.5) is 13.2 Å². The van der Waals surface area contributed by atoms with Gasteiger partial charge in [0, 0.05) is 23.3 Å². The van der Waals surface area contributed by atoms with Gasteiger partial charge in [-0.25, -0.2) is 0 Å². The molecule has 0 aliphatic rings. The van der Waals surface area contributed by atoms with Crippen molar-refractivity contribution in [2.24, 2.45) is 0 Å². The van der Waals surface area contributed by atoms with Crippen LogP contribution < -0.4 is 14.6 Å². The van der Waals surface area contributed by atoms with E-state index in [4.69, 9.17) is 14.3 Å². The van der Waals surface area contributed by atoms with Gasteiger partial charge in [0.15, 0.2) is 0 Å². The van der Waals surface area contributed by atoms with E-state index in [1.807, 2.05) is 13.8 Å². The second kappa shape index (κ2) is 9.52. The molecule has 1 aromatic heterocycles. The molecule has 1 heterocycles. The van der Waals surface area contributed by atoms with Gasteiger partial charge in [-0.2, -0.15) is 0 Å². The second-order valence-electron chi connectivity index (χ2n) is 7.37. The maximum absolute atomic E-state index is 12.7. The van der Waals surface area contributed by atoms with Crippen molar-refractivity contribution in [1.29, 1.82) is 0 Å². The van der Waals surface area contributed by atoms with Gasteiger partial charge >= 0.3 is 6.36 Å². The van der Waals surface area contributed by atoms with Gasteiger partial charge in [0.1, 0.15) is 29.4 Å². The molecule has 9 heteroatoms. The second-order valence-corrected chi connectivity index (χ2v) is 7.37. The number of hydrogen-bond acceptors (Lipinski definition) is 6. The summed E-state index contributed by atoms with van der Waals surface area (Å²) in [5.41, 5.74) is 3.21. The topological polar surface area (TPSA) is 92.0 Å². The Hall–Kier alpha value is -3.20. The average molecular weight is 451 g/mol. The molecule has 1 N–H and O–H groups in total. The zero-order valence-corrected chi connectivity index (χ0v) is 17.5. The van der Waals surface area contributed by atoms with Crippen LogP contribution in [0, 0.1) is 13.8 Å². The zero-order chi connectivity index (χ0) is 23.5. The van der Waals surface area contributed by atoms with E-state index < -0.39 is 18.1 Å². The number of carbonyl (C=O) groups is 1. The highest BCUT2D eigenvalue weighted by atomic mass is 19.4. The van der Waals surface area contributed by atoms with Gasteiger partial charge in [-0.3, -0.25) is 0 Å². The quantitative estimate of drug-likeness (QED) is 0.533. The third-order valence-electron chi connectivity index (χ3n) is 5.14. The molecule has 0 spiro atoms. The first-order chi connectivity index (χ1) is 15.1. The maximum Gasteiger partial charge on any atom is 0.573 e. The Morgan fingerprint density at radius 1 is 1.09 bits per heavy atom. The van der Waals surface area contributed by atoms with Crippen molar-refractivity contribution in [3.63, 3.8) is 0 Å². The molecule has 2 aromatic carbocycles. The molecule has 0 aliphatic heterocycles. The first kappa shape index (κ1) is 23.5. The fourth-order valence-electron chi connectivity index (χ4n) is 3.45. The van der Waals surface area contributed by atoms with Crippen molar-refractivity contribution in [2.45, 2.75) is 46.1 Å². The first-order valence-corrected chi connectivity index (χ1v) is 9.91. The third kappa shape index (κ3) is 5.73. The average Bonchev–Trinajstić information content (AvgIpc) is 3.09. The highest BCUT2D eigenvalue weighted by Crippen LogP contribution is 2.33. The number of carbonyl (C=O) groups excluding carboxylic acids is 1. The Kier molecular flexibility index (Phi) is 6.98. The molecule has 0 aliphatic carbocycles. The van der Waals surface area contributed by atoms with Crippen LogP contribution in [0.3, 0.4) is 0 Å². The number of aryl methyl sites for hydroxylation is 1. The number of hydrogen-bond donors (Lipinski definition) is 1. The number of alkyl halides is 3. The minimum absolute atomic E-state index is 0.0870. The lowest BCUT2D eigenvalue weighted by Crippen LogP contribution is -2.22. The fraction of sp³-hybridized carbons (Fsp3) is 0.348. The summed E-state index contributed by atoms with van der Waals surface area (Å²) in [6, 6.07) is 7.43. The molecule has 0 atom stereocenters. The van der Waals surface area contributed by atoms with Crippen molar-refractivity contribution in [3.05, 3.63) is 58.3 Å². The van der Waals surface area contributed by atoms with E-state index >= 15 is 0 Å². The van der Waals surface area contributed by atoms with Crippen LogP contribution in [-0.2, 0) is 24.2 Å². The molecular formula is C23H22F3O6-. The van der Waals surface area contributed by atoms with Crippen molar-refractivity contribution in [2.75, 3.05) is 6.61 Å². The highest BCUT2D eigenvalue weighted by Gasteiger charge is 2.31. The summed E-state index contributed by atoms with van der Waals surface area (Å²) in [6.45, 7) is 3.41. The van der Waals surface area contributed by atoms with Crippen molar-refractivity contribution < 1.29 is 42.1 Å². The smallest absolute Gasteiger partial charge is 0.550 e. The van der Waals surface area contributed by atoms with E-state index in [0.29, 0.717) is 34.5 Å². The van der Waals surface area contributed by atoms with E-state index in [2.05, 4.69) is 4.74 Å². The summed E-state index contributed by atoms with van der Waals surface area (Å²) < 4.78 is 53.9. The van der Waals surface area contributed by atoms with Gasteiger partial charge in [0.05, 0.1) is 6.61 Å². The van der Waals surface area contributed by atoms with Crippen LogP contribution in [0.5, 0.6) is 11.5 Å². The molecule has 0 bridgehead atoms. The molecule has 0 radical (unpaired) electrons. The van der Waals surface area contributed by atoms with Crippen LogP contribution in [0.2, 0.25) is 0 Å². The lowest BCUT2D eigenvalue weighted by molar-refractivity contribution is -0.305. The lowest BCUT2D eigenvalue weighted by atomic mass is 9.99. The van der Waals surface area contributed by atoms with Gasteiger partial charge in [0.25, 0.3) is 0 Å². The van der Waals surface area contributed by atoms with Crippen molar-refractivity contribution >= 4 is 16.9 Å². The normalized spacial score (nSPS) is 11.7. The standard InChI is InChI=1S/C23H23F3O6/c1-13-14(2)20(5-3-15(13)4-6-21(28)29)30-12-17-11-19(32-23(24,25)26)10-16-9-18(7-8-27)31-22(16)17/h3,5,9-11,27H,4,6-8,12H2,1-2H3,(H,28,29)/p-1. The Labute approximate surface area is 182 Å². The summed E-state index contributed by atoms with van der Waals surface area (Å²) in [5.74, 6) is -0.591. The predicted octanol–water partition coefficient (Wildman–Crippen LogP) is 3.74. The molecule has 0 unspecified atom stereocenters. The fourth-order valence-corrected chi connectivity index (χ4v) is 3.45. The molecule has 0 saturated heterocycles. The number of aliphatic carboxylic acids is 1. The van der Waals surface area contributed by atoms with Gasteiger partial charge in [-0.15, -0.1) is 13.2 Å². The van der Waals surface area contributed by atoms with Crippen LogP contribution in [0.1, 0.15) is 34.4 Å². The minimum Gasteiger partial charge on any atom is -0.550 e. The highest BCUT2D eigenvalue weighted by molar-refractivity contribution is 5.83. The van der Waals surface area contributed by atoms with Gasteiger partial charge in [-0.1, -0.05) is 6.07 Å². The monoisotopic (exact) mass is 451 g/mol. The van der Waals surface area contributed by atoms with E-state index in [9.17, 15) is 23.1 Å². The van der Waals surface area contributed by atoms with E-state index in [1.54, 1.807) is 18.2 Å². The number of carboxylic acid groups (broad SMARTS) is 1. The largest absolute Gasteiger partial charge is 0.573 e. The Morgan fingerprint density at radius 2 is 1.84 bits per heavy atom. The van der Waals surface area contributed by atoms with Gasteiger partial charge < -0.3 is 28.9 Å². The molecule has 172 valence electrons. The van der Waals surface area contributed by atoms with Crippen LogP contribution in [0.25, 0.3) is 11.0 Å². The molecule has 6 nitrogen and oxygen atoms in total. The summed E-state index contributed by atoms with van der Waals surface area (Å²) in [5, 5.41) is 20.2. The van der Waals surface area contributed by atoms with Gasteiger partial charge in [-0.05, 0) is 67.6 Å². The molecule has 32 heavy (non-hydrogen) atoms. The number of fused-ring (bicyclic) bond motifs is 1.